The molecule has 0 aliphatic carbocycles. The number of sulfonamides is 1. The lowest BCUT2D eigenvalue weighted by Gasteiger charge is -2.32. The molecule has 1 aromatic heterocycles. The fourth-order valence-electron chi connectivity index (χ4n) is 3.72. The molecule has 33 heavy (non-hydrogen) atoms. The molecule has 1 aliphatic heterocycles. The second kappa shape index (κ2) is 12.2. The highest BCUT2D eigenvalue weighted by atomic mass is 32.2. The summed E-state index contributed by atoms with van der Waals surface area (Å²) in [6.45, 7) is 0.833. The molecule has 178 valence electrons. The maximum absolute atomic E-state index is 13.0. The number of nitrogens with one attached hydrogen (secondary N) is 2. The van der Waals surface area contributed by atoms with Crippen LogP contribution in [0.3, 0.4) is 0 Å². The molecule has 0 unspecified atom stereocenters. The van der Waals surface area contributed by atoms with Crippen LogP contribution >= 0.6 is 11.8 Å². The van der Waals surface area contributed by atoms with E-state index in [-0.39, 0.29) is 23.3 Å². The van der Waals surface area contributed by atoms with E-state index in [1.165, 1.54) is 4.31 Å². The number of rotatable bonds is 10. The van der Waals surface area contributed by atoms with E-state index in [2.05, 4.69) is 15.6 Å². The maximum Gasteiger partial charge on any atom is 0.243 e. The smallest absolute Gasteiger partial charge is 0.243 e. The van der Waals surface area contributed by atoms with Crippen molar-refractivity contribution in [3.8, 4) is 0 Å². The Labute approximate surface area is 199 Å². The second-order valence-corrected chi connectivity index (χ2v) is 10.9. The van der Waals surface area contributed by atoms with Crippen molar-refractivity contribution >= 4 is 33.6 Å². The summed E-state index contributed by atoms with van der Waals surface area (Å²) in [4.78, 5) is 30.0. The van der Waals surface area contributed by atoms with Gasteiger partial charge < -0.3 is 10.6 Å². The molecule has 2 heterocycles. The van der Waals surface area contributed by atoms with Crippen LogP contribution in [0.15, 0.2) is 59.8 Å². The third-order valence-electron chi connectivity index (χ3n) is 5.60. The van der Waals surface area contributed by atoms with Gasteiger partial charge in [0.15, 0.2) is 0 Å². The SMILES string of the molecule is CSCC[C@@H](NC(=O)[C@H]1CCCN(S(=O)(=O)c2ccccc2)C1)C(=O)NCc1ccncc1. The number of amides is 2. The molecule has 2 amide bonds. The van der Waals surface area contributed by atoms with Crippen molar-refractivity contribution in [3.05, 3.63) is 60.4 Å². The first kappa shape index (κ1) is 25.2. The highest BCUT2D eigenvalue weighted by Crippen LogP contribution is 2.24. The normalized spacial score (nSPS) is 17.8. The lowest BCUT2D eigenvalue weighted by molar-refractivity contribution is -0.132. The fraction of sp³-hybridized carbons (Fsp3) is 0.435. The number of carbonyl (C=O) groups excluding carboxylic acids is 2. The van der Waals surface area contributed by atoms with Crippen LogP contribution in [0.1, 0.15) is 24.8 Å². The van der Waals surface area contributed by atoms with Crippen LogP contribution in [-0.2, 0) is 26.2 Å². The van der Waals surface area contributed by atoms with Crippen LogP contribution in [0.2, 0.25) is 0 Å². The lowest BCUT2D eigenvalue weighted by atomic mass is 9.98. The summed E-state index contributed by atoms with van der Waals surface area (Å²) in [7, 11) is -3.66. The molecule has 0 radical (unpaired) electrons. The van der Waals surface area contributed by atoms with Gasteiger partial charge in [-0.05, 0) is 61.1 Å². The molecule has 8 nitrogen and oxygen atoms in total. The number of carbonyl (C=O) groups is 2. The molecule has 2 aromatic rings. The lowest BCUT2D eigenvalue weighted by Crippen LogP contribution is -2.51. The van der Waals surface area contributed by atoms with E-state index in [1.807, 2.05) is 18.4 Å². The zero-order chi connectivity index (χ0) is 23.7. The average molecular weight is 491 g/mol. The third kappa shape index (κ3) is 7.02. The van der Waals surface area contributed by atoms with Crippen molar-refractivity contribution in [3.63, 3.8) is 0 Å². The van der Waals surface area contributed by atoms with Crippen LogP contribution in [0, 0.1) is 5.92 Å². The molecule has 1 aliphatic rings. The van der Waals surface area contributed by atoms with E-state index >= 15 is 0 Å². The van der Waals surface area contributed by atoms with E-state index in [1.54, 1.807) is 54.5 Å². The van der Waals surface area contributed by atoms with Gasteiger partial charge in [-0.3, -0.25) is 14.6 Å². The van der Waals surface area contributed by atoms with Crippen molar-refractivity contribution in [2.24, 2.45) is 5.92 Å². The minimum atomic E-state index is -3.66. The van der Waals surface area contributed by atoms with Gasteiger partial charge in [0, 0.05) is 32.0 Å². The van der Waals surface area contributed by atoms with E-state index in [0.29, 0.717) is 38.1 Å². The molecule has 10 heteroatoms. The molecule has 3 rings (SSSR count). The number of pyridine rings is 1. The molecular formula is C23H30N4O4S2. The van der Waals surface area contributed by atoms with Gasteiger partial charge in [0.2, 0.25) is 21.8 Å². The Morgan fingerprint density at radius 1 is 1.18 bits per heavy atom. The molecule has 1 fully saturated rings. The van der Waals surface area contributed by atoms with Crippen molar-refractivity contribution in [2.45, 2.75) is 36.7 Å². The number of piperidine rings is 1. The quantitative estimate of drug-likeness (QED) is 0.528. The van der Waals surface area contributed by atoms with Gasteiger partial charge in [0.25, 0.3) is 0 Å². The van der Waals surface area contributed by atoms with Gasteiger partial charge in [-0.1, -0.05) is 18.2 Å². The van der Waals surface area contributed by atoms with Gasteiger partial charge in [-0.2, -0.15) is 16.1 Å². The van der Waals surface area contributed by atoms with E-state index in [9.17, 15) is 18.0 Å². The highest BCUT2D eigenvalue weighted by molar-refractivity contribution is 7.98. The van der Waals surface area contributed by atoms with Crippen LogP contribution in [0.25, 0.3) is 0 Å². The summed E-state index contributed by atoms with van der Waals surface area (Å²) in [6, 6.07) is 11.2. The molecule has 2 atom stereocenters. The topological polar surface area (TPSA) is 108 Å². The summed E-state index contributed by atoms with van der Waals surface area (Å²) in [6.07, 6.45) is 6.93. The molecule has 1 aromatic carbocycles. The fourth-order valence-corrected chi connectivity index (χ4v) is 5.74. The summed E-state index contributed by atoms with van der Waals surface area (Å²) in [5, 5.41) is 5.74. The molecule has 1 saturated heterocycles. The van der Waals surface area contributed by atoms with Crippen molar-refractivity contribution < 1.29 is 18.0 Å². The Hall–Kier alpha value is -2.43. The number of aromatic nitrogens is 1. The van der Waals surface area contributed by atoms with E-state index < -0.39 is 22.0 Å². The van der Waals surface area contributed by atoms with Crippen LogP contribution in [0.5, 0.6) is 0 Å². The number of thioether (sulfide) groups is 1. The second-order valence-electron chi connectivity index (χ2n) is 7.93. The third-order valence-corrected chi connectivity index (χ3v) is 8.12. The van der Waals surface area contributed by atoms with Gasteiger partial charge in [-0.15, -0.1) is 0 Å². The minimum Gasteiger partial charge on any atom is -0.350 e. The molecule has 2 N–H and O–H groups in total. The van der Waals surface area contributed by atoms with Crippen LogP contribution < -0.4 is 10.6 Å². The summed E-state index contributed by atoms with van der Waals surface area (Å²) >= 11 is 1.60. The Balaban J connectivity index is 1.62. The maximum atomic E-state index is 13.0. The predicted octanol–water partition coefficient (Wildman–Crippen LogP) is 2.04. The Morgan fingerprint density at radius 2 is 1.91 bits per heavy atom. The van der Waals surface area contributed by atoms with Gasteiger partial charge >= 0.3 is 0 Å². The standard InChI is InChI=1S/C23H30N4O4S2/c1-32-15-11-21(23(29)25-16-18-9-12-24-13-10-18)26-22(28)19-6-5-14-27(17-19)33(30,31)20-7-3-2-4-8-20/h2-4,7-10,12-13,19,21H,5-6,11,14-17H2,1H3,(H,25,29)(H,26,28)/t19-,21+/m0/s1. The van der Waals surface area contributed by atoms with Crippen LogP contribution in [0.4, 0.5) is 0 Å². The zero-order valence-corrected chi connectivity index (χ0v) is 20.3. The zero-order valence-electron chi connectivity index (χ0n) is 18.6. The largest absolute Gasteiger partial charge is 0.350 e. The Bertz CT molecular complexity index is 1020. The van der Waals surface area contributed by atoms with Crippen molar-refractivity contribution in [2.75, 3.05) is 25.1 Å². The van der Waals surface area contributed by atoms with E-state index in [4.69, 9.17) is 0 Å². The number of hydrogen-bond acceptors (Lipinski definition) is 6. The monoisotopic (exact) mass is 490 g/mol. The summed E-state index contributed by atoms with van der Waals surface area (Å²) < 4.78 is 27.3. The Morgan fingerprint density at radius 3 is 2.61 bits per heavy atom. The van der Waals surface area contributed by atoms with Gasteiger partial charge in [0.05, 0.1) is 10.8 Å². The van der Waals surface area contributed by atoms with Crippen LogP contribution in [-0.4, -0.2) is 60.7 Å². The Kier molecular flexibility index (Phi) is 9.28. The number of nitrogens with zero attached hydrogens (tertiary/aromatic N) is 2. The highest BCUT2D eigenvalue weighted by Gasteiger charge is 2.34. The van der Waals surface area contributed by atoms with Gasteiger partial charge in [-0.25, -0.2) is 8.42 Å². The minimum absolute atomic E-state index is 0.108. The number of benzene rings is 1. The van der Waals surface area contributed by atoms with Gasteiger partial charge in [0.1, 0.15) is 6.04 Å². The molecule has 0 spiro atoms. The van der Waals surface area contributed by atoms with E-state index in [0.717, 1.165) is 5.56 Å². The van der Waals surface area contributed by atoms with Crippen molar-refractivity contribution in [1.29, 1.82) is 0 Å². The molecular weight excluding hydrogens is 460 g/mol. The summed E-state index contributed by atoms with van der Waals surface area (Å²) in [5.74, 6) is -0.318. The van der Waals surface area contributed by atoms with Crippen molar-refractivity contribution in [1.82, 2.24) is 19.9 Å². The average Bonchev–Trinajstić information content (AvgIpc) is 2.86. The summed E-state index contributed by atoms with van der Waals surface area (Å²) in [5.41, 5.74) is 0.919. The number of hydrogen-bond donors (Lipinski definition) is 2. The molecule has 0 saturated carbocycles. The first-order valence-electron chi connectivity index (χ1n) is 10.9. The predicted molar refractivity (Wildman–Crippen MR) is 129 cm³/mol. The first-order valence-corrected chi connectivity index (χ1v) is 13.8. The first-order chi connectivity index (χ1) is 15.9. The molecule has 0 bridgehead atoms.